The van der Waals surface area contributed by atoms with Gasteiger partial charge in [0.2, 0.25) is 5.43 Å². The van der Waals surface area contributed by atoms with E-state index in [4.69, 9.17) is 23.2 Å². The van der Waals surface area contributed by atoms with E-state index in [1.807, 2.05) is 19.1 Å². The Hall–Kier alpha value is -2.37. The van der Waals surface area contributed by atoms with E-state index < -0.39 is 11.3 Å². The number of rotatable bonds is 4. The number of carbonyl (C=O) groups is 1. The normalized spacial score (nSPS) is 10.8. The van der Waals surface area contributed by atoms with Crippen molar-refractivity contribution in [3.05, 3.63) is 74.0 Å². The van der Waals surface area contributed by atoms with Crippen LogP contribution in [0.25, 0.3) is 10.9 Å². The van der Waals surface area contributed by atoms with Crippen LogP contribution in [0.3, 0.4) is 0 Å². The smallest absolute Gasteiger partial charge is 0.276 e. The van der Waals surface area contributed by atoms with Crippen LogP contribution in [0, 0.1) is 0 Å². The number of carbonyl (C=O) groups excluding carboxylic acids is 1. The van der Waals surface area contributed by atoms with Crippen molar-refractivity contribution in [3.8, 4) is 0 Å². The predicted octanol–water partition coefficient (Wildman–Crippen LogP) is 3.65. The number of benzene rings is 2. The molecule has 7 heteroatoms. The van der Waals surface area contributed by atoms with Gasteiger partial charge in [-0.3, -0.25) is 14.3 Å². The van der Waals surface area contributed by atoms with Crippen molar-refractivity contribution in [1.29, 1.82) is 0 Å². The molecule has 0 aliphatic rings. The third-order valence-electron chi connectivity index (χ3n) is 3.83. The molecule has 1 aromatic heterocycles. The maximum Gasteiger partial charge on any atom is 0.276 e. The van der Waals surface area contributed by atoms with Gasteiger partial charge in [0, 0.05) is 23.1 Å². The van der Waals surface area contributed by atoms with Gasteiger partial charge in [0.05, 0.1) is 10.9 Å². The first-order valence-electron chi connectivity index (χ1n) is 7.73. The number of hydrogen-bond acceptors (Lipinski definition) is 3. The van der Waals surface area contributed by atoms with Crippen LogP contribution in [0.15, 0.2) is 47.3 Å². The Morgan fingerprint density at radius 2 is 1.96 bits per heavy atom. The molecule has 0 saturated carbocycles. The standard InChI is InChI=1S/C18H15Cl2N3O2/c1-2-23-15-8-7-12(19)9-13(15)17(24)16(22-23)18(25)21-10-11-5-3-4-6-14(11)20/h3-9H,2,10H2,1H3,(H,21,25). The lowest BCUT2D eigenvalue weighted by Gasteiger charge is -2.11. The maximum absolute atomic E-state index is 12.6. The van der Waals surface area contributed by atoms with Crippen molar-refractivity contribution in [2.24, 2.45) is 0 Å². The van der Waals surface area contributed by atoms with Gasteiger partial charge in [0.25, 0.3) is 5.91 Å². The van der Waals surface area contributed by atoms with Crippen molar-refractivity contribution in [3.63, 3.8) is 0 Å². The second-order valence-electron chi connectivity index (χ2n) is 5.43. The van der Waals surface area contributed by atoms with Crippen LogP contribution in [0.4, 0.5) is 0 Å². The Morgan fingerprint density at radius 1 is 1.20 bits per heavy atom. The van der Waals surface area contributed by atoms with E-state index in [0.29, 0.717) is 27.5 Å². The monoisotopic (exact) mass is 375 g/mol. The number of nitrogens with zero attached hydrogens (tertiary/aromatic N) is 2. The molecule has 25 heavy (non-hydrogen) atoms. The number of halogens is 2. The van der Waals surface area contributed by atoms with Gasteiger partial charge in [-0.15, -0.1) is 0 Å². The zero-order valence-electron chi connectivity index (χ0n) is 13.4. The molecule has 128 valence electrons. The van der Waals surface area contributed by atoms with Crippen molar-refractivity contribution in [2.75, 3.05) is 0 Å². The minimum Gasteiger partial charge on any atom is -0.346 e. The maximum atomic E-state index is 12.6. The van der Waals surface area contributed by atoms with Gasteiger partial charge in [0.1, 0.15) is 0 Å². The van der Waals surface area contributed by atoms with E-state index in [1.165, 1.54) is 0 Å². The number of fused-ring (bicyclic) bond motifs is 1. The zero-order chi connectivity index (χ0) is 18.0. The van der Waals surface area contributed by atoms with Gasteiger partial charge in [0.15, 0.2) is 5.69 Å². The van der Waals surface area contributed by atoms with Crippen LogP contribution in [0.2, 0.25) is 10.0 Å². The summed E-state index contributed by atoms with van der Waals surface area (Å²) in [5, 5.41) is 8.24. The van der Waals surface area contributed by atoms with Gasteiger partial charge in [-0.05, 0) is 36.8 Å². The molecule has 1 N–H and O–H groups in total. The summed E-state index contributed by atoms with van der Waals surface area (Å²) in [5.74, 6) is -0.547. The Bertz CT molecular complexity index is 1010. The first-order chi connectivity index (χ1) is 12.0. The van der Waals surface area contributed by atoms with Crippen molar-refractivity contribution < 1.29 is 4.79 Å². The SMILES string of the molecule is CCn1nc(C(=O)NCc2ccccc2Cl)c(=O)c2cc(Cl)ccc21. The average molecular weight is 376 g/mol. The van der Waals surface area contributed by atoms with E-state index >= 15 is 0 Å². The molecule has 3 aromatic rings. The van der Waals surface area contributed by atoms with Crippen molar-refractivity contribution >= 4 is 40.0 Å². The summed E-state index contributed by atoms with van der Waals surface area (Å²) in [6, 6.07) is 12.1. The van der Waals surface area contributed by atoms with Crippen LogP contribution < -0.4 is 10.7 Å². The molecule has 0 fully saturated rings. The molecule has 0 aliphatic heterocycles. The van der Waals surface area contributed by atoms with E-state index in [9.17, 15) is 9.59 Å². The Kier molecular flexibility index (Phi) is 5.06. The van der Waals surface area contributed by atoms with Crippen LogP contribution in [0.5, 0.6) is 0 Å². The third kappa shape index (κ3) is 3.52. The molecule has 0 aliphatic carbocycles. The first-order valence-corrected chi connectivity index (χ1v) is 8.49. The summed E-state index contributed by atoms with van der Waals surface area (Å²) < 4.78 is 1.61. The molecule has 0 bridgehead atoms. The van der Waals surface area contributed by atoms with Gasteiger partial charge < -0.3 is 5.32 Å². The second kappa shape index (κ2) is 7.25. The summed E-state index contributed by atoms with van der Waals surface area (Å²) in [7, 11) is 0. The highest BCUT2D eigenvalue weighted by Crippen LogP contribution is 2.17. The predicted molar refractivity (Wildman–Crippen MR) is 99.3 cm³/mol. The number of nitrogens with one attached hydrogen (secondary N) is 1. The van der Waals surface area contributed by atoms with Gasteiger partial charge in [-0.25, -0.2) is 0 Å². The molecule has 1 amide bonds. The molecule has 0 unspecified atom stereocenters. The Morgan fingerprint density at radius 3 is 2.68 bits per heavy atom. The van der Waals surface area contributed by atoms with Crippen molar-refractivity contribution in [2.45, 2.75) is 20.0 Å². The third-order valence-corrected chi connectivity index (χ3v) is 4.43. The number of aromatic nitrogens is 2. The van der Waals surface area contributed by atoms with Gasteiger partial charge in [-0.2, -0.15) is 5.10 Å². The molecule has 0 saturated heterocycles. The highest BCUT2D eigenvalue weighted by molar-refractivity contribution is 6.31. The highest BCUT2D eigenvalue weighted by Gasteiger charge is 2.17. The van der Waals surface area contributed by atoms with E-state index in [-0.39, 0.29) is 12.2 Å². The number of aryl methyl sites for hydroxylation is 1. The summed E-state index contributed by atoms with van der Waals surface area (Å²) in [6.07, 6.45) is 0. The van der Waals surface area contributed by atoms with Crippen LogP contribution in [0.1, 0.15) is 23.0 Å². The molecule has 1 heterocycles. The fourth-order valence-corrected chi connectivity index (χ4v) is 2.93. The molecule has 0 atom stereocenters. The minimum absolute atomic E-state index is 0.163. The van der Waals surface area contributed by atoms with Gasteiger partial charge >= 0.3 is 0 Å². The molecule has 3 rings (SSSR count). The van der Waals surface area contributed by atoms with Crippen LogP contribution in [-0.2, 0) is 13.1 Å². The summed E-state index contributed by atoms with van der Waals surface area (Å²) in [4.78, 5) is 25.1. The molecule has 5 nitrogen and oxygen atoms in total. The molecular formula is C18H15Cl2N3O2. The first kappa shape index (κ1) is 17.5. The largest absolute Gasteiger partial charge is 0.346 e. The lowest BCUT2D eigenvalue weighted by atomic mass is 10.2. The van der Waals surface area contributed by atoms with E-state index in [1.54, 1.807) is 35.0 Å². The number of hydrogen-bond donors (Lipinski definition) is 1. The molecule has 0 spiro atoms. The topological polar surface area (TPSA) is 64.0 Å². The minimum atomic E-state index is -0.547. The molecule has 0 radical (unpaired) electrons. The lowest BCUT2D eigenvalue weighted by molar-refractivity contribution is 0.0943. The molecule has 2 aromatic carbocycles. The summed E-state index contributed by atoms with van der Waals surface area (Å²) in [6.45, 7) is 2.61. The second-order valence-corrected chi connectivity index (χ2v) is 6.27. The average Bonchev–Trinajstić information content (AvgIpc) is 2.61. The van der Waals surface area contributed by atoms with Gasteiger partial charge in [-0.1, -0.05) is 41.4 Å². The highest BCUT2D eigenvalue weighted by atomic mass is 35.5. The fourth-order valence-electron chi connectivity index (χ4n) is 2.55. The van der Waals surface area contributed by atoms with E-state index in [0.717, 1.165) is 5.56 Å². The zero-order valence-corrected chi connectivity index (χ0v) is 14.9. The molecular weight excluding hydrogens is 361 g/mol. The summed E-state index contributed by atoms with van der Waals surface area (Å²) >= 11 is 12.1. The fraction of sp³-hybridized carbons (Fsp3) is 0.167. The quantitative estimate of drug-likeness (QED) is 0.756. The lowest BCUT2D eigenvalue weighted by Crippen LogP contribution is -2.31. The van der Waals surface area contributed by atoms with Crippen LogP contribution in [-0.4, -0.2) is 15.7 Å². The van der Waals surface area contributed by atoms with Crippen LogP contribution >= 0.6 is 23.2 Å². The van der Waals surface area contributed by atoms with Crippen molar-refractivity contribution in [1.82, 2.24) is 15.1 Å². The Labute approximate surface area is 154 Å². The number of amides is 1. The summed E-state index contributed by atoms with van der Waals surface area (Å²) in [5.41, 5.74) is 0.791. The Balaban J connectivity index is 1.97. The van der Waals surface area contributed by atoms with E-state index in [2.05, 4.69) is 10.4 Å².